The van der Waals surface area contributed by atoms with Gasteiger partial charge in [-0.15, -0.1) is 0 Å². The highest BCUT2D eigenvalue weighted by molar-refractivity contribution is 7.23. The van der Waals surface area contributed by atoms with E-state index in [0.717, 1.165) is 16.7 Å². The maximum atomic E-state index is 5.16. The van der Waals surface area contributed by atoms with Gasteiger partial charge >= 0.3 is 0 Å². The lowest BCUT2D eigenvalue weighted by Gasteiger charge is -2.33. The average molecular weight is 666 g/mol. The van der Waals surface area contributed by atoms with E-state index in [2.05, 4.69) is 152 Å². The SMILES string of the molecule is c1ccc(-c2nc(-c3ccccc3)nc(-c3ccc4c(c3)[Si](c3cccc5ccccc35)(c3cccc5ccccc35)c3ccccc3-4)n2)cc1. The number of benzene rings is 8. The second-order valence-corrected chi connectivity index (χ2v) is 16.8. The molecule has 238 valence electrons. The molecule has 1 aliphatic rings. The first-order valence-electron chi connectivity index (χ1n) is 17.4. The molecular formula is C47H31N3Si. The number of rotatable bonds is 5. The third-order valence-corrected chi connectivity index (χ3v) is 15.3. The molecule has 0 spiro atoms. The Hall–Kier alpha value is -6.49. The first kappa shape index (κ1) is 29.4. The molecule has 10 rings (SSSR count). The third-order valence-electron chi connectivity index (χ3n) is 10.4. The van der Waals surface area contributed by atoms with Crippen LogP contribution >= 0.6 is 0 Å². The van der Waals surface area contributed by atoms with Crippen LogP contribution in [0.25, 0.3) is 66.8 Å². The van der Waals surface area contributed by atoms with Gasteiger partial charge in [-0.25, -0.2) is 15.0 Å². The van der Waals surface area contributed by atoms with Crippen LogP contribution in [0.3, 0.4) is 0 Å². The summed E-state index contributed by atoms with van der Waals surface area (Å²) in [7, 11) is -2.95. The van der Waals surface area contributed by atoms with E-state index in [1.54, 1.807) is 0 Å². The van der Waals surface area contributed by atoms with E-state index in [1.165, 1.54) is 53.4 Å². The van der Waals surface area contributed by atoms with Crippen LogP contribution in [0, 0.1) is 0 Å². The Bertz CT molecular complexity index is 2610. The zero-order valence-corrected chi connectivity index (χ0v) is 28.7. The largest absolute Gasteiger partial charge is 0.208 e. The van der Waals surface area contributed by atoms with E-state index in [1.807, 2.05) is 36.4 Å². The minimum absolute atomic E-state index is 0.662. The van der Waals surface area contributed by atoms with Crippen LogP contribution in [-0.2, 0) is 0 Å². The van der Waals surface area contributed by atoms with E-state index >= 15 is 0 Å². The smallest absolute Gasteiger partial charge is 0.182 e. The normalized spacial score (nSPS) is 12.9. The van der Waals surface area contributed by atoms with Gasteiger partial charge in [-0.2, -0.15) is 0 Å². The van der Waals surface area contributed by atoms with Crippen molar-refractivity contribution in [1.29, 1.82) is 0 Å². The molecule has 0 bridgehead atoms. The number of hydrogen-bond donors (Lipinski definition) is 0. The van der Waals surface area contributed by atoms with Crippen molar-refractivity contribution in [1.82, 2.24) is 15.0 Å². The lowest BCUT2D eigenvalue weighted by atomic mass is 10.0. The van der Waals surface area contributed by atoms with Crippen LogP contribution < -0.4 is 20.7 Å². The van der Waals surface area contributed by atoms with E-state index < -0.39 is 8.07 Å². The maximum absolute atomic E-state index is 5.16. The average Bonchev–Trinajstić information content (AvgIpc) is 3.51. The Morgan fingerprint density at radius 2 is 0.725 bits per heavy atom. The molecule has 0 saturated carbocycles. The van der Waals surface area contributed by atoms with E-state index in [0.29, 0.717) is 17.5 Å². The molecule has 1 aromatic heterocycles. The monoisotopic (exact) mass is 665 g/mol. The number of hydrogen-bond acceptors (Lipinski definition) is 3. The summed E-state index contributed by atoms with van der Waals surface area (Å²) < 4.78 is 0. The molecule has 9 aromatic rings. The molecule has 0 amide bonds. The van der Waals surface area contributed by atoms with Crippen molar-refractivity contribution in [2.75, 3.05) is 0 Å². The zero-order chi connectivity index (χ0) is 33.8. The second kappa shape index (κ2) is 11.8. The number of aromatic nitrogens is 3. The first-order valence-corrected chi connectivity index (χ1v) is 19.4. The van der Waals surface area contributed by atoms with Gasteiger partial charge in [-0.05, 0) is 53.4 Å². The van der Waals surface area contributed by atoms with E-state index in [9.17, 15) is 0 Å². The number of nitrogens with zero attached hydrogens (tertiary/aromatic N) is 3. The van der Waals surface area contributed by atoms with Gasteiger partial charge in [0, 0.05) is 16.7 Å². The topological polar surface area (TPSA) is 38.7 Å². The molecule has 4 heteroatoms. The minimum atomic E-state index is -2.95. The number of fused-ring (bicyclic) bond motifs is 5. The summed E-state index contributed by atoms with van der Waals surface area (Å²) in [6, 6.07) is 67.9. The molecule has 3 nitrogen and oxygen atoms in total. The van der Waals surface area contributed by atoms with Crippen molar-refractivity contribution in [2.45, 2.75) is 0 Å². The van der Waals surface area contributed by atoms with Crippen LogP contribution in [-0.4, -0.2) is 23.0 Å². The Morgan fingerprint density at radius 3 is 1.31 bits per heavy atom. The second-order valence-electron chi connectivity index (χ2n) is 13.1. The van der Waals surface area contributed by atoms with Gasteiger partial charge in [0.2, 0.25) is 0 Å². The lowest BCUT2D eigenvalue weighted by Crippen LogP contribution is -2.73. The quantitative estimate of drug-likeness (QED) is 0.173. The third kappa shape index (κ3) is 4.61. The van der Waals surface area contributed by atoms with Crippen molar-refractivity contribution in [2.24, 2.45) is 0 Å². The summed E-state index contributed by atoms with van der Waals surface area (Å²) in [5, 5.41) is 10.7. The highest BCUT2D eigenvalue weighted by Gasteiger charge is 2.50. The van der Waals surface area contributed by atoms with Crippen molar-refractivity contribution in [3.63, 3.8) is 0 Å². The molecule has 0 saturated heterocycles. The summed E-state index contributed by atoms with van der Waals surface area (Å²) in [6.45, 7) is 0. The van der Waals surface area contributed by atoms with Gasteiger partial charge < -0.3 is 0 Å². The van der Waals surface area contributed by atoms with Crippen LogP contribution in [0.1, 0.15) is 0 Å². The summed E-state index contributed by atoms with van der Waals surface area (Å²) in [5.74, 6) is 1.99. The molecular weight excluding hydrogens is 635 g/mol. The molecule has 2 heterocycles. The molecule has 0 unspecified atom stereocenters. The molecule has 51 heavy (non-hydrogen) atoms. The summed E-state index contributed by atoms with van der Waals surface area (Å²) in [6.07, 6.45) is 0. The zero-order valence-electron chi connectivity index (χ0n) is 27.7. The van der Waals surface area contributed by atoms with Gasteiger partial charge in [-0.3, -0.25) is 0 Å². The molecule has 0 N–H and O–H groups in total. The standard InChI is InChI=1S/C47H31N3Si/c1-3-17-34(18-4-1)45-48-46(35-19-5-2-6-20-35)50-47(49-45)36-29-30-40-39-25-11-12-26-43(39)51(44(40)31-36,41-27-13-21-32-15-7-9-23-37(32)41)42-28-14-22-33-16-8-10-24-38(33)42/h1-31H. The van der Waals surface area contributed by atoms with E-state index in [4.69, 9.17) is 15.0 Å². The van der Waals surface area contributed by atoms with Crippen molar-refractivity contribution >= 4 is 50.4 Å². The van der Waals surface area contributed by atoms with Crippen LogP contribution in [0.5, 0.6) is 0 Å². The fraction of sp³-hybridized carbons (Fsp3) is 0. The van der Waals surface area contributed by atoms with Crippen molar-refractivity contribution in [3.8, 4) is 45.3 Å². The molecule has 1 aliphatic heterocycles. The summed E-state index contributed by atoms with van der Waals surface area (Å²) in [5.41, 5.74) is 5.49. The molecule has 0 atom stereocenters. The van der Waals surface area contributed by atoms with Gasteiger partial charge in [0.15, 0.2) is 25.5 Å². The van der Waals surface area contributed by atoms with Gasteiger partial charge in [-0.1, -0.05) is 188 Å². The molecule has 0 fully saturated rings. The molecule has 0 radical (unpaired) electrons. The van der Waals surface area contributed by atoms with E-state index in [-0.39, 0.29) is 0 Å². The predicted octanol–water partition coefficient (Wildman–Crippen LogP) is 8.54. The minimum Gasteiger partial charge on any atom is -0.208 e. The fourth-order valence-corrected chi connectivity index (χ4v) is 13.8. The Kier molecular flexibility index (Phi) is 6.83. The van der Waals surface area contributed by atoms with Crippen LogP contribution in [0.15, 0.2) is 188 Å². The van der Waals surface area contributed by atoms with Crippen LogP contribution in [0.4, 0.5) is 0 Å². The summed E-state index contributed by atoms with van der Waals surface area (Å²) >= 11 is 0. The van der Waals surface area contributed by atoms with Crippen LogP contribution in [0.2, 0.25) is 0 Å². The highest BCUT2D eigenvalue weighted by Crippen LogP contribution is 2.34. The predicted molar refractivity (Wildman–Crippen MR) is 214 cm³/mol. The van der Waals surface area contributed by atoms with Crippen molar-refractivity contribution in [3.05, 3.63) is 188 Å². The lowest BCUT2D eigenvalue weighted by molar-refractivity contribution is 1.07. The van der Waals surface area contributed by atoms with Gasteiger partial charge in [0.1, 0.15) is 0 Å². The Balaban J connectivity index is 1.31. The molecule has 8 aromatic carbocycles. The summed E-state index contributed by atoms with van der Waals surface area (Å²) in [4.78, 5) is 15.3. The fourth-order valence-electron chi connectivity index (χ4n) is 8.19. The Labute approximate surface area is 297 Å². The Morgan fingerprint density at radius 1 is 0.294 bits per heavy atom. The highest BCUT2D eigenvalue weighted by atomic mass is 28.3. The van der Waals surface area contributed by atoms with Gasteiger partial charge in [0.25, 0.3) is 0 Å². The van der Waals surface area contributed by atoms with Crippen molar-refractivity contribution < 1.29 is 0 Å². The van der Waals surface area contributed by atoms with Gasteiger partial charge in [0.05, 0.1) is 0 Å². The molecule has 0 aliphatic carbocycles. The first-order chi connectivity index (χ1) is 25.3. The maximum Gasteiger partial charge on any atom is 0.182 e.